The highest BCUT2D eigenvalue weighted by molar-refractivity contribution is 5.84. The number of ether oxygens (including phenoxy) is 1. The fourth-order valence-electron chi connectivity index (χ4n) is 4.03. The molecule has 0 amide bonds. The van der Waals surface area contributed by atoms with E-state index >= 15 is 0 Å². The Morgan fingerprint density at radius 1 is 0.971 bits per heavy atom. The molecule has 1 N–H and O–H groups in total. The number of hydrogen-bond acceptors (Lipinski definition) is 5. The average molecular weight is 450 g/mol. The summed E-state index contributed by atoms with van der Waals surface area (Å²) in [5.41, 5.74) is 7.91. The van der Waals surface area contributed by atoms with Crippen LogP contribution in [0.15, 0.2) is 84.0 Å². The summed E-state index contributed by atoms with van der Waals surface area (Å²) in [5.74, 6) is 0.573. The van der Waals surface area contributed by atoms with Crippen molar-refractivity contribution in [1.29, 1.82) is 0 Å². The maximum Gasteiger partial charge on any atom is 0.213 e. The van der Waals surface area contributed by atoms with Crippen molar-refractivity contribution in [2.75, 3.05) is 12.4 Å². The summed E-state index contributed by atoms with van der Waals surface area (Å²) in [6.07, 6.45) is 1.75. The summed E-state index contributed by atoms with van der Waals surface area (Å²) in [6, 6.07) is 24.9. The Hall–Kier alpha value is -4.19. The largest absolute Gasteiger partial charge is 0.481 e. The van der Waals surface area contributed by atoms with Gasteiger partial charge in [0.05, 0.1) is 52.5 Å². The molecule has 5 rings (SSSR count). The summed E-state index contributed by atoms with van der Waals surface area (Å²) in [6.45, 7) is 6.26. The maximum atomic E-state index is 5.19. The third-order valence-corrected chi connectivity index (χ3v) is 5.61. The molecule has 0 spiro atoms. The molecule has 0 radical (unpaired) electrons. The van der Waals surface area contributed by atoms with Gasteiger partial charge in [0.25, 0.3) is 0 Å². The molecule has 6 nitrogen and oxygen atoms in total. The molecule has 1 aliphatic carbocycles. The van der Waals surface area contributed by atoms with Crippen LogP contribution in [-0.4, -0.2) is 27.7 Å². The van der Waals surface area contributed by atoms with Crippen molar-refractivity contribution in [2.24, 2.45) is 4.99 Å². The number of hydrogen-bond donors (Lipinski definition) is 1. The Morgan fingerprint density at radius 3 is 2.47 bits per heavy atom. The quantitative estimate of drug-likeness (QED) is 0.340. The summed E-state index contributed by atoms with van der Waals surface area (Å²) in [7, 11) is 1.61. The van der Waals surface area contributed by atoms with Crippen molar-refractivity contribution in [1.82, 2.24) is 14.5 Å². The molecule has 1 aliphatic heterocycles. The lowest BCUT2D eigenvalue weighted by molar-refractivity contribution is 0.398. The number of anilines is 2. The molecule has 2 aromatic carbocycles. The molecule has 0 bridgehead atoms. The lowest BCUT2D eigenvalue weighted by Gasteiger charge is -2.20. The van der Waals surface area contributed by atoms with Gasteiger partial charge in [-0.15, -0.1) is 0 Å². The molecule has 0 unspecified atom stereocenters. The van der Waals surface area contributed by atoms with Crippen LogP contribution in [0.1, 0.15) is 19.4 Å². The van der Waals surface area contributed by atoms with Crippen LogP contribution < -0.4 is 15.4 Å². The van der Waals surface area contributed by atoms with E-state index in [1.165, 1.54) is 5.56 Å². The van der Waals surface area contributed by atoms with Crippen LogP contribution in [0, 0.1) is 6.92 Å². The second-order valence-electron chi connectivity index (χ2n) is 8.57. The minimum atomic E-state index is 0.133. The Bertz CT molecular complexity index is 1480. The zero-order chi connectivity index (χ0) is 23.7. The number of nitrogens with zero attached hydrogens (tertiary/aromatic N) is 4. The first-order valence-corrected chi connectivity index (χ1v) is 11.4. The van der Waals surface area contributed by atoms with Crippen molar-refractivity contribution in [3.8, 4) is 23.0 Å². The molecule has 2 heterocycles. The highest BCUT2D eigenvalue weighted by atomic mass is 16.5. The van der Waals surface area contributed by atoms with Crippen molar-refractivity contribution < 1.29 is 4.74 Å². The number of fused-ring (bicyclic) bond motifs is 2. The molecule has 2 aliphatic rings. The van der Waals surface area contributed by atoms with Gasteiger partial charge in [0.1, 0.15) is 0 Å². The Morgan fingerprint density at radius 2 is 1.76 bits per heavy atom. The van der Waals surface area contributed by atoms with E-state index in [2.05, 4.69) is 78.1 Å². The fourth-order valence-corrected chi connectivity index (χ4v) is 4.03. The standard InChI is InChI=1S/C28H27N5O/c1-18(2)30-24-16-27-25(15-23(24)31-20-11-14-28(34-4)29-17-20)32-22-7-5-6-8-26(22)33(27)21-12-9-19(3)10-13-21/h5-18,31H,1-4H3/b30-24+. The predicted octanol–water partition coefficient (Wildman–Crippen LogP) is 5.90. The minimum absolute atomic E-state index is 0.133. The summed E-state index contributed by atoms with van der Waals surface area (Å²) < 4.78 is 7.45. The van der Waals surface area contributed by atoms with Crippen LogP contribution in [0.25, 0.3) is 28.1 Å². The van der Waals surface area contributed by atoms with Crippen LogP contribution in [0.2, 0.25) is 0 Å². The first-order valence-electron chi connectivity index (χ1n) is 11.4. The van der Waals surface area contributed by atoms with Crippen molar-refractivity contribution in [3.05, 3.63) is 89.9 Å². The first-order chi connectivity index (χ1) is 16.5. The molecular weight excluding hydrogens is 422 g/mol. The molecule has 0 saturated carbocycles. The molecular formula is C28H27N5O. The van der Waals surface area contributed by atoms with Crippen LogP contribution in [0.3, 0.4) is 0 Å². The third-order valence-electron chi connectivity index (χ3n) is 5.61. The van der Waals surface area contributed by atoms with Gasteiger partial charge in [-0.25, -0.2) is 9.97 Å². The van der Waals surface area contributed by atoms with Gasteiger partial charge in [-0.2, -0.15) is 0 Å². The first kappa shape index (κ1) is 21.6. The number of aryl methyl sites for hydroxylation is 1. The molecule has 0 saturated heterocycles. The van der Waals surface area contributed by atoms with Crippen LogP contribution >= 0.6 is 0 Å². The van der Waals surface area contributed by atoms with E-state index in [0.717, 1.165) is 44.8 Å². The molecule has 1 aromatic heterocycles. The number of para-hydroxylation sites is 2. The van der Waals surface area contributed by atoms with Crippen LogP contribution in [0.5, 0.6) is 5.88 Å². The maximum absolute atomic E-state index is 5.19. The topological polar surface area (TPSA) is 64.3 Å². The van der Waals surface area contributed by atoms with E-state index in [1.54, 1.807) is 13.3 Å². The summed E-state index contributed by atoms with van der Waals surface area (Å²) in [4.78, 5) is 14.2. The van der Waals surface area contributed by atoms with Gasteiger partial charge < -0.3 is 14.6 Å². The Balaban J connectivity index is 1.77. The normalized spacial score (nSPS) is 12.0. The Labute approximate surface area is 199 Å². The average Bonchev–Trinajstić information content (AvgIpc) is 2.84. The molecule has 3 aromatic rings. The molecule has 0 fully saturated rings. The number of benzene rings is 3. The molecule has 0 atom stereocenters. The monoisotopic (exact) mass is 449 g/mol. The highest BCUT2D eigenvalue weighted by Crippen LogP contribution is 2.30. The molecule has 170 valence electrons. The van der Waals surface area contributed by atoms with Gasteiger partial charge in [-0.3, -0.25) is 4.99 Å². The van der Waals surface area contributed by atoms with Crippen LogP contribution in [-0.2, 0) is 0 Å². The number of pyridine rings is 1. The lowest BCUT2D eigenvalue weighted by atomic mass is 10.1. The van der Waals surface area contributed by atoms with Gasteiger partial charge in [0.15, 0.2) is 0 Å². The smallest absolute Gasteiger partial charge is 0.213 e. The van der Waals surface area contributed by atoms with Crippen molar-refractivity contribution >= 4 is 22.4 Å². The summed E-state index contributed by atoms with van der Waals surface area (Å²) >= 11 is 0. The van der Waals surface area contributed by atoms with Gasteiger partial charge in [0.2, 0.25) is 5.88 Å². The zero-order valence-electron chi connectivity index (χ0n) is 19.8. The highest BCUT2D eigenvalue weighted by Gasteiger charge is 2.16. The molecule has 34 heavy (non-hydrogen) atoms. The van der Waals surface area contributed by atoms with Crippen molar-refractivity contribution in [3.63, 3.8) is 0 Å². The van der Waals surface area contributed by atoms with E-state index in [-0.39, 0.29) is 6.04 Å². The van der Waals surface area contributed by atoms with Crippen LogP contribution in [0.4, 0.5) is 11.4 Å². The number of rotatable bonds is 5. The number of nitrogens with one attached hydrogen (secondary N) is 1. The number of aromatic nitrogens is 3. The molecule has 6 heteroatoms. The van der Waals surface area contributed by atoms with E-state index in [0.29, 0.717) is 5.88 Å². The number of methoxy groups -OCH3 is 1. The van der Waals surface area contributed by atoms with Gasteiger partial charge in [-0.1, -0.05) is 29.8 Å². The van der Waals surface area contributed by atoms with Gasteiger partial charge >= 0.3 is 0 Å². The van der Waals surface area contributed by atoms with Gasteiger partial charge in [0, 0.05) is 17.8 Å². The fraction of sp³-hybridized carbons (Fsp3) is 0.179. The third kappa shape index (κ3) is 4.22. The predicted molar refractivity (Wildman–Crippen MR) is 137 cm³/mol. The second-order valence-corrected chi connectivity index (χ2v) is 8.57. The second kappa shape index (κ2) is 8.98. The van der Waals surface area contributed by atoms with E-state index < -0.39 is 0 Å². The van der Waals surface area contributed by atoms with E-state index in [4.69, 9.17) is 14.7 Å². The Kier molecular flexibility index (Phi) is 5.72. The minimum Gasteiger partial charge on any atom is -0.481 e. The van der Waals surface area contributed by atoms with E-state index in [9.17, 15) is 0 Å². The lowest BCUT2D eigenvalue weighted by Crippen LogP contribution is -2.16. The summed E-state index contributed by atoms with van der Waals surface area (Å²) in [5, 5.41) is 4.35. The van der Waals surface area contributed by atoms with E-state index in [1.807, 2.05) is 30.3 Å². The SMILES string of the molecule is COc1ccc(Nc2cc3nc4ccccc4n(-c4ccc(C)cc4)c-3c/c2=N\C(C)C)cn1. The van der Waals surface area contributed by atoms with Gasteiger partial charge in [-0.05, 0) is 63.2 Å². The van der Waals surface area contributed by atoms with Crippen molar-refractivity contribution in [2.45, 2.75) is 26.8 Å². The zero-order valence-corrected chi connectivity index (χ0v) is 19.8.